The molecule has 184 valence electrons. The Morgan fingerprint density at radius 1 is 1.00 bits per heavy atom. The molecule has 0 saturated carbocycles. The molecule has 6 rings (SSSR count). The maximum absolute atomic E-state index is 13.3. The Morgan fingerprint density at radius 3 is 2.61 bits per heavy atom. The molecular formula is C23H21N7O3S3. The van der Waals surface area contributed by atoms with E-state index in [0.29, 0.717) is 54.4 Å². The number of piperazine rings is 1. The molecule has 36 heavy (non-hydrogen) atoms. The Bertz CT molecular complexity index is 1750. The minimum atomic E-state index is -3.68. The second-order valence-corrected chi connectivity index (χ2v) is 12.0. The van der Waals surface area contributed by atoms with Gasteiger partial charge in [-0.25, -0.2) is 13.4 Å². The maximum atomic E-state index is 13.3. The average Bonchev–Trinajstić information content (AvgIpc) is 3.52. The lowest BCUT2D eigenvalue weighted by molar-refractivity contribution is 0.180. The first-order valence-corrected chi connectivity index (χ1v) is 14.3. The molecule has 0 atom stereocenters. The van der Waals surface area contributed by atoms with Crippen LogP contribution in [0, 0.1) is 6.92 Å². The van der Waals surface area contributed by atoms with Crippen LogP contribution in [0.4, 0.5) is 0 Å². The standard InChI is InChI=1S/C23H21N7O3S3/c1-15-4-2-5-16(12-15)22-25-30-20(31)13-17(24-23(30)34-22)14-28-8-10-29(11-9-28)36(32,33)19-7-3-6-18-21(19)27-35-26-18/h2-7,12-13H,8-11,14H2,1H3. The van der Waals surface area contributed by atoms with E-state index in [1.54, 1.807) is 18.2 Å². The van der Waals surface area contributed by atoms with Crippen molar-refractivity contribution in [1.82, 2.24) is 32.6 Å². The van der Waals surface area contributed by atoms with Crippen LogP contribution in [-0.2, 0) is 16.6 Å². The van der Waals surface area contributed by atoms with Gasteiger partial charge < -0.3 is 0 Å². The van der Waals surface area contributed by atoms with E-state index in [4.69, 9.17) is 0 Å². The topological polar surface area (TPSA) is 114 Å². The van der Waals surface area contributed by atoms with Crippen LogP contribution in [0.2, 0.25) is 0 Å². The smallest absolute Gasteiger partial charge is 0.275 e. The summed E-state index contributed by atoms with van der Waals surface area (Å²) in [7, 11) is -3.68. The molecule has 1 aliphatic heterocycles. The van der Waals surface area contributed by atoms with E-state index in [1.165, 1.54) is 26.2 Å². The van der Waals surface area contributed by atoms with Crippen molar-refractivity contribution in [3.8, 4) is 10.6 Å². The number of fused-ring (bicyclic) bond motifs is 2. The van der Waals surface area contributed by atoms with E-state index in [0.717, 1.165) is 27.9 Å². The normalized spacial score (nSPS) is 15.7. The molecular weight excluding hydrogens is 519 g/mol. The Balaban J connectivity index is 1.18. The summed E-state index contributed by atoms with van der Waals surface area (Å²) in [6.45, 7) is 4.22. The number of hydrogen-bond donors (Lipinski definition) is 0. The maximum Gasteiger partial charge on any atom is 0.275 e. The third kappa shape index (κ3) is 4.22. The second kappa shape index (κ2) is 9.09. The van der Waals surface area contributed by atoms with E-state index in [-0.39, 0.29) is 10.5 Å². The van der Waals surface area contributed by atoms with Crippen LogP contribution in [0.3, 0.4) is 0 Å². The molecule has 10 nitrogen and oxygen atoms in total. The summed E-state index contributed by atoms with van der Waals surface area (Å²) in [6, 6.07) is 14.5. The fourth-order valence-electron chi connectivity index (χ4n) is 4.32. The van der Waals surface area contributed by atoms with Crippen LogP contribution in [-0.4, -0.2) is 67.1 Å². The molecule has 0 spiro atoms. The van der Waals surface area contributed by atoms with Gasteiger partial charge >= 0.3 is 0 Å². The third-order valence-electron chi connectivity index (χ3n) is 6.15. The van der Waals surface area contributed by atoms with Gasteiger partial charge in [-0.15, -0.1) is 0 Å². The molecule has 4 heterocycles. The molecule has 1 aliphatic rings. The first kappa shape index (κ1) is 23.3. The number of aromatic nitrogens is 5. The summed E-state index contributed by atoms with van der Waals surface area (Å²) in [4.78, 5) is 20.2. The molecule has 3 aromatic heterocycles. The Morgan fingerprint density at radius 2 is 1.81 bits per heavy atom. The molecule has 2 aromatic carbocycles. The molecule has 0 radical (unpaired) electrons. The highest BCUT2D eigenvalue weighted by atomic mass is 32.2. The zero-order chi connectivity index (χ0) is 24.9. The van der Waals surface area contributed by atoms with Crippen molar-refractivity contribution < 1.29 is 8.42 Å². The van der Waals surface area contributed by atoms with E-state index in [1.807, 2.05) is 31.2 Å². The number of benzene rings is 2. The van der Waals surface area contributed by atoms with Crippen LogP contribution >= 0.6 is 23.1 Å². The van der Waals surface area contributed by atoms with Gasteiger partial charge in [0.2, 0.25) is 15.0 Å². The lowest BCUT2D eigenvalue weighted by Gasteiger charge is -2.33. The van der Waals surface area contributed by atoms with E-state index < -0.39 is 10.0 Å². The minimum absolute atomic E-state index is 0.192. The molecule has 5 aromatic rings. The summed E-state index contributed by atoms with van der Waals surface area (Å²) >= 11 is 2.38. The van der Waals surface area contributed by atoms with Crippen molar-refractivity contribution in [2.75, 3.05) is 26.2 Å². The number of nitrogens with zero attached hydrogens (tertiary/aromatic N) is 7. The Hall–Kier alpha value is -3.10. The summed E-state index contributed by atoms with van der Waals surface area (Å²) in [5.74, 6) is 0. The summed E-state index contributed by atoms with van der Waals surface area (Å²) in [5, 5.41) is 5.20. The first-order valence-electron chi connectivity index (χ1n) is 11.3. The summed E-state index contributed by atoms with van der Waals surface area (Å²) in [6.07, 6.45) is 0. The van der Waals surface area contributed by atoms with Gasteiger partial charge in [0, 0.05) is 44.4 Å². The molecule has 1 saturated heterocycles. The number of sulfonamides is 1. The molecule has 0 bridgehead atoms. The van der Waals surface area contributed by atoms with Crippen molar-refractivity contribution in [1.29, 1.82) is 0 Å². The lowest BCUT2D eigenvalue weighted by Crippen LogP contribution is -2.48. The van der Waals surface area contributed by atoms with E-state index >= 15 is 0 Å². The van der Waals surface area contributed by atoms with Crippen molar-refractivity contribution in [2.45, 2.75) is 18.4 Å². The second-order valence-electron chi connectivity index (χ2n) is 8.63. The quantitative estimate of drug-likeness (QED) is 0.335. The van der Waals surface area contributed by atoms with Gasteiger partial charge in [-0.2, -0.15) is 22.7 Å². The first-order chi connectivity index (χ1) is 17.4. The highest BCUT2D eigenvalue weighted by Gasteiger charge is 2.31. The SMILES string of the molecule is Cc1cccc(-c2nn3c(=O)cc(CN4CCN(S(=O)(=O)c5cccc6nsnc56)CC4)nc3s2)c1. The Kier molecular flexibility index (Phi) is 5.88. The van der Waals surface area contributed by atoms with Crippen LogP contribution in [0.5, 0.6) is 0 Å². The van der Waals surface area contributed by atoms with Gasteiger partial charge in [0.15, 0.2) is 0 Å². The molecule has 0 amide bonds. The molecule has 0 aliphatic carbocycles. The molecule has 0 N–H and O–H groups in total. The van der Waals surface area contributed by atoms with Crippen LogP contribution < -0.4 is 5.56 Å². The largest absolute Gasteiger partial charge is 0.295 e. The molecule has 1 fully saturated rings. The van der Waals surface area contributed by atoms with Crippen molar-refractivity contribution in [3.05, 3.63) is 70.1 Å². The van der Waals surface area contributed by atoms with Crippen molar-refractivity contribution in [2.24, 2.45) is 0 Å². The van der Waals surface area contributed by atoms with Gasteiger partial charge in [-0.3, -0.25) is 9.69 Å². The van der Waals surface area contributed by atoms with Crippen molar-refractivity contribution in [3.63, 3.8) is 0 Å². The van der Waals surface area contributed by atoms with Crippen molar-refractivity contribution >= 4 is 49.1 Å². The molecule has 13 heteroatoms. The van der Waals surface area contributed by atoms with Gasteiger partial charge in [-0.1, -0.05) is 41.2 Å². The average molecular weight is 540 g/mol. The predicted molar refractivity (Wildman–Crippen MR) is 139 cm³/mol. The third-order valence-corrected chi connectivity index (χ3v) is 9.58. The summed E-state index contributed by atoms with van der Waals surface area (Å²) in [5.41, 5.74) is 3.49. The van der Waals surface area contributed by atoms with Gasteiger partial charge in [0.1, 0.15) is 20.9 Å². The zero-order valence-electron chi connectivity index (χ0n) is 19.2. The van der Waals surface area contributed by atoms with Crippen LogP contribution in [0.25, 0.3) is 26.6 Å². The lowest BCUT2D eigenvalue weighted by atomic mass is 10.1. The predicted octanol–water partition coefficient (Wildman–Crippen LogP) is 2.64. The highest BCUT2D eigenvalue weighted by Crippen LogP contribution is 2.26. The van der Waals surface area contributed by atoms with Gasteiger partial charge in [0.25, 0.3) is 5.56 Å². The number of hydrogen-bond acceptors (Lipinski definition) is 10. The van der Waals surface area contributed by atoms with Crippen LogP contribution in [0.15, 0.2) is 58.2 Å². The number of aryl methyl sites for hydroxylation is 1. The monoisotopic (exact) mass is 539 g/mol. The fraction of sp³-hybridized carbons (Fsp3) is 0.261. The molecule has 0 unspecified atom stereocenters. The fourth-order valence-corrected chi connectivity index (χ4v) is 7.41. The Labute approximate surface area is 214 Å². The summed E-state index contributed by atoms with van der Waals surface area (Å²) < 4.78 is 37.7. The van der Waals surface area contributed by atoms with Gasteiger partial charge in [-0.05, 0) is 25.1 Å². The van der Waals surface area contributed by atoms with Crippen LogP contribution in [0.1, 0.15) is 11.3 Å². The van der Waals surface area contributed by atoms with E-state index in [2.05, 4.69) is 23.7 Å². The van der Waals surface area contributed by atoms with Gasteiger partial charge in [0.05, 0.1) is 17.4 Å². The minimum Gasteiger partial charge on any atom is -0.295 e. The van der Waals surface area contributed by atoms with E-state index in [9.17, 15) is 13.2 Å². The highest BCUT2D eigenvalue weighted by molar-refractivity contribution is 7.89. The number of rotatable bonds is 5. The zero-order valence-corrected chi connectivity index (χ0v) is 21.7.